The summed E-state index contributed by atoms with van der Waals surface area (Å²) in [4.78, 5) is 16.0. The number of aryl methyl sites for hydroxylation is 1. The second kappa shape index (κ2) is 5.22. The van der Waals surface area contributed by atoms with Crippen LogP contribution in [0.15, 0.2) is 36.9 Å². The number of fused-ring (bicyclic) bond motifs is 1. The SMILES string of the molecule is O=C(NCCn1cncn1)[C@H]1CCc2ccccc21. The van der Waals surface area contributed by atoms with Crippen molar-refractivity contribution >= 4 is 5.91 Å². The van der Waals surface area contributed by atoms with Gasteiger partial charge in [-0.1, -0.05) is 24.3 Å². The van der Waals surface area contributed by atoms with E-state index in [0.29, 0.717) is 13.1 Å². The Labute approximate surface area is 111 Å². The Morgan fingerprint density at radius 3 is 3.16 bits per heavy atom. The van der Waals surface area contributed by atoms with Crippen LogP contribution in [0.3, 0.4) is 0 Å². The number of rotatable bonds is 4. The van der Waals surface area contributed by atoms with Crippen molar-refractivity contribution in [1.29, 1.82) is 0 Å². The summed E-state index contributed by atoms with van der Waals surface area (Å²) in [7, 11) is 0. The average Bonchev–Trinajstić information content (AvgIpc) is 3.07. The monoisotopic (exact) mass is 256 g/mol. The molecule has 0 unspecified atom stereocenters. The van der Waals surface area contributed by atoms with Crippen LogP contribution in [0.5, 0.6) is 0 Å². The van der Waals surface area contributed by atoms with Gasteiger partial charge in [0.15, 0.2) is 0 Å². The molecule has 1 atom stereocenters. The fourth-order valence-corrected chi connectivity index (χ4v) is 2.59. The molecule has 1 aromatic heterocycles. The molecule has 19 heavy (non-hydrogen) atoms. The molecule has 2 aromatic rings. The standard InChI is InChI=1S/C14H16N4O/c19-14(16-7-8-18-10-15-9-17-18)13-6-5-11-3-1-2-4-12(11)13/h1-4,9-10,13H,5-8H2,(H,16,19)/t13-/m0/s1. The molecule has 0 saturated carbocycles. The van der Waals surface area contributed by atoms with Gasteiger partial charge in [-0.3, -0.25) is 9.48 Å². The minimum atomic E-state index is 0.00643. The van der Waals surface area contributed by atoms with Crippen LogP contribution in [0.1, 0.15) is 23.5 Å². The zero-order chi connectivity index (χ0) is 13.1. The Morgan fingerprint density at radius 1 is 1.42 bits per heavy atom. The molecular formula is C14H16N4O. The molecule has 0 bridgehead atoms. The van der Waals surface area contributed by atoms with Gasteiger partial charge in [0.2, 0.25) is 5.91 Å². The van der Waals surface area contributed by atoms with E-state index in [1.54, 1.807) is 11.0 Å². The van der Waals surface area contributed by atoms with Gasteiger partial charge in [-0.2, -0.15) is 5.10 Å². The first-order valence-corrected chi connectivity index (χ1v) is 6.52. The van der Waals surface area contributed by atoms with Gasteiger partial charge in [-0.05, 0) is 24.0 Å². The zero-order valence-corrected chi connectivity index (χ0v) is 10.6. The fourth-order valence-electron chi connectivity index (χ4n) is 2.59. The number of benzene rings is 1. The van der Waals surface area contributed by atoms with E-state index in [1.807, 2.05) is 12.1 Å². The number of carbonyl (C=O) groups excluding carboxylic acids is 1. The van der Waals surface area contributed by atoms with Crippen LogP contribution in [-0.4, -0.2) is 27.2 Å². The number of amides is 1. The lowest BCUT2D eigenvalue weighted by atomic mass is 10.0. The van der Waals surface area contributed by atoms with Gasteiger partial charge in [0, 0.05) is 6.54 Å². The van der Waals surface area contributed by atoms with Crippen LogP contribution >= 0.6 is 0 Å². The molecule has 0 radical (unpaired) electrons. The molecule has 5 nitrogen and oxygen atoms in total. The van der Waals surface area contributed by atoms with Crippen LogP contribution in [0, 0.1) is 0 Å². The molecule has 98 valence electrons. The minimum Gasteiger partial charge on any atom is -0.354 e. The van der Waals surface area contributed by atoms with E-state index < -0.39 is 0 Å². The first kappa shape index (κ1) is 11.9. The molecular weight excluding hydrogens is 240 g/mol. The molecule has 0 aliphatic heterocycles. The maximum atomic E-state index is 12.2. The summed E-state index contributed by atoms with van der Waals surface area (Å²) < 4.78 is 1.71. The Bertz CT molecular complexity index is 565. The van der Waals surface area contributed by atoms with Gasteiger partial charge in [0.1, 0.15) is 12.7 Å². The molecule has 1 aliphatic rings. The molecule has 0 saturated heterocycles. The van der Waals surface area contributed by atoms with Crippen molar-refractivity contribution in [3.63, 3.8) is 0 Å². The van der Waals surface area contributed by atoms with Crippen molar-refractivity contribution in [2.45, 2.75) is 25.3 Å². The molecule has 5 heteroatoms. The Kier molecular flexibility index (Phi) is 3.27. The van der Waals surface area contributed by atoms with Gasteiger partial charge in [-0.25, -0.2) is 4.98 Å². The lowest BCUT2D eigenvalue weighted by Crippen LogP contribution is -2.31. The van der Waals surface area contributed by atoms with Gasteiger partial charge < -0.3 is 5.32 Å². The number of aromatic nitrogens is 3. The summed E-state index contributed by atoms with van der Waals surface area (Å²) in [5.41, 5.74) is 2.49. The molecule has 1 aliphatic carbocycles. The van der Waals surface area contributed by atoms with Gasteiger partial charge >= 0.3 is 0 Å². The minimum absolute atomic E-state index is 0.00643. The van der Waals surface area contributed by atoms with E-state index in [9.17, 15) is 4.79 Å². The number of hydrogen-bond acceptors (Lipinski definition) is 3. The summed E-state index contributed by atoms with van der Waals surface area (Å²) in [6.07, 6.45) is 5.05. The van der Waals surface area contributed by atoms with E-state index in [-0.39, 0.29) is 11.8 Å². The lowest BCUT2D eigenvalue weighted by Gasteiger charge is -2.12. The fraction of sp³-hybridized carbons (Fsp3) is 0.357. The summed E-state index contributed by atoms with van der Waals surface area (Å²) in [5, 5.41) is 6.98. The third-order valence-corrected chi connectivity index (χ3v) is 3.56. The molecule has 1 aromatic carbocycles. The first-order chi connectivity index (χ1) is 9.34. The topological polar surface area (TPSA) is 59.8 Å². The maximum Gasteiger partial charge on any atom is 0.227 e. The van der Waals surface area contributed by atoms with Crippen LogP contribution < -0.4 is 5.32 Å². The predicted molar refractivity (Wildman–Crippen MR) is 70.5 cm³/mol. The van der Waals surface area contributed by atoms with E-state index >= 15 is 0 Å². The lowest BCUT2D eigenvalue weighted by molar-refractivity contribution is -0.122. The second-order valence-corrected chi connectivity index (χ2v) is 4.74. The number of carbonyl (C=O) groups is 1. The largest absolute Gasteiger partial charge is 0.354 e. The van der Waals surface area contributed by atoms with Gasteiger partial charge in [0.05, 0.1) is 12.5 Å². The molecule has 0 spiro atoms. The predicted octanol–water partition coefficient (Wildman–Crippen LogP) is 1.12. The van der Waals surface area contributed by atoms with Crippen molar-refractivity contribution in [2.75, 3.05) is 6.54 Å². The van der Waals surface area contributed by atoms with Crippen molar-refractivity contribution in [3.8, 4) is 0 Å². The Hall–Kier alpha value is -2.17. The highest BCUT2D eigenvalue weighted by molar-refractivity contribution is 5.84. The van der Waals surface area contributed by atoms with Crippen LogP contribution in [0.4, 0.5) is 0 Å². The van der Waals surface area contributed by atoms with Crippen LogP contribution in [0.2, 0.25) is 0 Å². The van der Waals surface area contributed by atoms with Gasteiger partial charge in [-0.15, -0.1) is 0 Å². The van der Waals surface area contributed by atoms with Crippen molar-refractivity contribution in [2.24, 2.45) is 0 Å². The van der Waals surface area contributed by atoms with Crippen molar-refractivity contribution in [1.82, 2.24) is 20.1 Å². The van der Waals surface area contributed by atoms with Crippen molar-refractivity contribution < 1.29 is 4.79 Å². The van der Waals surface area contributed by atoms with Crippen LogP contribution in [-0.2, 0) is 17.8 Å². The molecule has 1 N–H and O–H groups in total. The van der Waals surface area contributed by atoms with Crippen molar-refractivity contribution in [3.05, 3.63) is 48.0 Å². The highest BCUT2D eigenvalue weighted by atomic mass is 16.1. The van der Waals surface area contributed by atoms with E-state index in [2.05, 4.69) is 27.5 Å². The molecule has 1 heterocycles. The summed E-state index contributed by atoms with van der Waals surface area (Å²) in [6.45, 7) is 1.24. The smallest absolute Gasteiger partial charge is 0.227 e. The number of nitrogens with one attached hydrogen (secondary N) is 1. The van der Waals surface area contributed by atoms with E-state index in [0.717, 1.165) is 12.8 Å². The van der Waals surface area contributed by atoms with Crippen LogP contribution in [0.25, 0.3) is 0 Å². The van der Waals surface area contributed by atoms with E-state index in [4.69, 9.17) is 0 Å². The van der Waals surface area contributed by atoms with E-state index in [1.165, 1.54) is 17.5 Å². The highest BCUT2D eigenvalue weighted by Crippen LogP contribution is 2.32. The summed E-state index contributed by atoms with van der Waals surface area (Å²) in [6, 6.07) is 8.20. The third kappa shape index (κ3) is 2.50. The quantitative estimate of drug-likeness (QED) is 0.892. The average molecular weight is 256 g/mol. The Morgan fingerprint density at radius 2 is 2.32 bits per heavy atom. The summed E-state index contributed by atoms with van der Waals surface area (Å²) in [5.74, 6) is 0.122. The number of nitrogens with zero attached hydrogens (tertiary/aromatic N) is 3. The zero-order valence-electron chi connectivity index (χ0n) is 10.6. The normalized spacial score (nSPS) is 17.2. The van der Waals surface area contributed by atoms with Gasteiger partial charge in [0.25, 0.3) is 0 Å². The summed E-state index contributed by atoms with van der Waals surface area (Å²) >= 11 is 0. The Balaban J connectivity index is 1.57. The number of hydrogen-bond donors (Lipinski definition) is 1. The first-order valence-electron chi connectivity index (χ1n) is 6.52. The molecule has 3 rings (SSSR count). The molecule has 1 amide bonds. The second-order valence-electron chi connectivity index (χ2n) is 4.74. The molecule has 0 fully saturated rings. The maximum absolute atomic E-state index is 12.2. The highest BCUT2D eigenvalue weighted by Gasteiger charge is 2.27. The third-order valence-electron chi connectivity index (χ3n) is 3.56.